The molecule has 3 heterocycles. The Kier molecular flexibility index (Phi) is 5.61. The van der Waals surface area contributed by atoms with Gasteiger partial charge in [0.05, 0.1) is 6.26 Å². The van der Waals surface area contributed by atoms with Gasteiger partial charge in [-0.05, 0) is 65.5 Å². The van der Waals surface area contributed by atoms with Crippen LogP contribution in [0.25, 0.3) is 0 Å². The molecular formula is C19H31N3O2. The summed E-state index contributed by atoms with van der Waals surface area (Å²) in [5.41, 5.74) is 0.887. The van der Waals surface area contributed by atoms with Gasteiger partial charge in [-0.1, -0.05) is 0 Å². The number of amides is 1. The number of fused-ring (bicyclic) bond motifs is 2. The molecule has 0 aromatic carbocycles. The molecule has 2 fully saturated rings. The van der Waals surface area contributed by atoms with Crippen molar-refractivity contribution in [3.8, 4) is 0 Å². The van der Waals surface area contributed by atoms with E-state index in [1.165, 1.54) is 25.7 Å². The molecule has 1 amide bonds. The highest BCUT2D eigenvalue weighted by molar-refractivity contribution is 5.92. The van der Waals surface area contributed by atoms with Crippen LogP contribution in [0.3, 0.4) is 0 Å². The summed E-state index contributed by atoms with van der Waals surface area (Å²) in [5.74, 6) is 0.321. The second-order valence-electron chi connectivity index (χ2n) is 7.59. The predicted octanol–water partition coefficient (Wildman–Crippen LogP) is 2.70. The minimum absolute atomic E-state index is 0.110. The van der Waals surface area contributed by atoms with Crippen LogP contribution in [-0.2, 0) is 0 Å². The average molecular weight is 333 g/mol. The van der Waals surface area contributed by atoms with Crippen molar-refractivity contribution < 1.29 is 9.21 Å². The summed E-state index contributed by atoms with van der Waals surface area (Å²) in [5, 5.41) is 6.63. The van der Waals surface area contributed by atoms with Crippen LogP contribution in [0, 0.1) is 6.92 Å². The van der Waals surface area contributed by atoms with Crippen LogP contribution in [-0.4, -0.2) is 48.1 Å². The lowest BCUT2D eigenvalue weighted by atomic mass is 9.96. The van der Waals surface area contributed by atoms with Crippen LogP contribution < -0.4 is 10.6 Å². The fraction of sp³-hybridized carbons (Fsp3) is 0.737. The molecular weight excluding hydrogens is 302 g/mol. The molecule has 2 aliphatic rings. The first kappa shape index (κ1) is 17.5. The zero-order valence-corrected chi connectivity index (χ0v) is 15.2. The Bertz CT molecular complexity index is 541. The third kappa shape index (κ3) is 3.83. The standard InChI is InChI=1S/C19H31N3O2/c1-13(2)22-16-5-6-17(22)12-15(11-16)20-8-4-9-21-19(23)18-14(3)7-10-24-18/h7,10,13,15-17,20H,4-6,8-9,11-12H2,1-3H3,(H,21,23). The van der Waals surface area contributed by atoms with E-state index >= 15 is 0 Å². The summed E-state index contributed by atoms with van der Waals surface area (Å²) in [4.78, 5) is 14.7. The van der Waals surface area contributed by atoms with Crippen LogP contribution in [0.2, 0.25) is 0 Å². The van der Waals surface area contributed by atoms with Crippen LogP contribution >= 0.6 is 0 Å². The molecule has 2 aliphatic heterocycles. The maximum Gasteiger partial charge on any atom is 0.287 e. The summed E-state index contributed by atoms with van der Waals surface area (Å²) in [7, 11) is 0. The molecule has 2 unspecified atom stereocenters. The van der Waals surface area contributed by atoms with Gasteiger partial charge < -0.3 is 15.1 Å². The SMILES string of the molecule is Cc1ccoc1C(=O)NCCCNC1CC2CCC(C1)N2C(C)C. The lowest BCUT2D eigenvalue weighted by Gasteiger charge is -2.41. The zero-order valence-electron chi connectivity index (χ0n) is 15.2. The van der Waals surface area contributed by atoms with Gasteiger partial charge in [0.1, 0.15) is 0 Å². The quantitative estimate of drug-likeness (QED) is 0.753. The molecule has 2 atom stereocenters. The van der Waals surface area contributed by atoms with Gasteiger partial charge in [0.25, 0.3) is 5.91 Å². The van der Waals surface area contributed by atoms with Crippen LogP contribution in [0.1, 0.15) is 62.1 Å². The number of carbonyl (C=O) groups is 1. The highest BCUT2D eigenvalue weighted by Crippen LogP contribution is 2.37. The van der Waals surface area contributed by atoms with Gasteiger partial charge in [-0.15, -0.1) is 0 Å². The Labute approximate surface area is 145 Å². The molecule has 2 saturated heterocycles. The van der Waals surface area contributed by atoms with Gasteiger partial charge >= 0.3 is 0 Å². The number of furan rings is 1. The van der Waals surface area contributed by atoms with Crippen LogP contribution in [0.5, 0.6) is 0 Å². The molecule has 5 nitrogen and oxygen atoms in total. The fourth-order valence-electron chi connectivity index (χ4n) is 4.51. The van der Waals surface area contributed by atoms with Crippen molar-refractivity contribution in [2.75, 3.05) is 13.1 Å². The summed E-state index contributed by atoms with van der Waals surface area (Å²) >= 11 is 0. The monoisotopic (exact) mass is 333 g/mol. The molecule has 0 radical (unpaired) electrons. The third-order valence-corrected chi connectivity index (χ3v) is 5.53. The maximum absolute atomic E-state index is 12.0. The molecule has 1 aromatic heterocycles. The van der Waals surface area contributed by atoms with E-state index in [9.17, 15) is 4.79 Å². The number of piperidine rings is 1. The number of aryl methyl sites for hydroxylation is 1. The summed E-state index contributed by atoms with van der Waals surface area (Å²) in [6, 6.07) is 4.66. The number of hydrogen-bond donors (Lipinski definition) is 2. The van der Waals surface area contributed by atoms with E-state index < -0.39 is 0 Å². The molecule has 2 N–H and O–H groups in total. The number of nitrogens with zero attached hydrogens (tertiary/aromatic N) is 1. The molecule has 0 saturated carbocycles. The highest BCUT2D eigenvalue weighted by Gasteiger charge is 2.41. The van der Waals surface area contributed by atoms with Crippen LogP contribution in [0.4, 0.5) is 0 Å². The zero-order chi connectivity index (χ0) is 17.1. The summed E-state index contributed by atoms with van der Waals surface area (Å²) in [6.07, 6.45) is 7.77. The van der Waals surface area contributed by atoms with Crippen molar-refractivity contribution in [2.45, 2.75) is 77.0 Å². The van der Waals surface area contributed by atoms with Crippen molar-refractivity contribution in [1.82, 2.24) is 15.5 Å². The van der Waals surface area contributed by atoms with Crippen molar-refractivity contribution >= 4 is 5.91 Å². The first-order chi connectivity index (χ1) is 11.6. The Morgan fingerprint density at radius 1 is 1.29 bits per heavy atom. The van der Waals surface area contributed by atoms with E-state index in [1.54, 1.807) is 6.26 Å². The Hall–Kier alpha value is -1.33. The lowest BCUT2D eigenvalue weighted by molar-refractivity contribution is 0.0849. The van der Waals surface area contributed by atoms with Crippen LogP contribution in [0.15, 0.2) is 16.7 Å². The topological polar surface area (TPSA) is 57.5 Å². The minimum Gasteiger partial charge on any atom is -0.459 e. The maximum atomic E-state index is 12.0. The fourth-order valence-corrected chi connectivity index (χ4v) is 4.51. The molecule has 3 rings (SSSR count). The second-order valence-corrected chi connectivity index (χ2v) is 7.59. The normalized spacial score (nSPS) is 26.9. The molecule has 134 valence electrons. The molecule has 2 bridgehead atoms. The van der Waals surface area contributed by atoms with Crippen molar-refractivity contribution in [3.05, 3.63) is 23.7 Å². The van der Waals surface area contributed by atoms with E-state index in [4.69, 9.17) is 4.42 Å². The summed E-state index contributed by atoms with van der Waals surface area (Å²) in [6.45, 7) is 8.18. The number of rotatable bonds is 7. The average Bonchev–Trinajstić information content (AvgIpc) is 3.08. The molecule has 24 heavy (non-hydrogen) atoms. The third-order valence-electron chi connectivity index (χ3n) is 5.53. The Morgan fingerprint density at radius 3 is 2.58 bits per heavy atom. The minimum atomic E-state index is -0.110. The van der Waals surface area contributed by atoms with E-state index in [-0.39, 0.29) is 5.91 Å². The van der Waals surface area contributed by atoms with Gasteiger partial charge in [0, 0.05) is 36.3 Å². The van der Waals surface area contributed by atoms with Crippen molar-refractivity contribution in [2.24, 2.45) is 0 Å². The molecule has 1 aromatic rings. The predicted molar refractivity (Wildman–Crippen MR) is 95.2 cm³/mol. The summed E-state index contributed by atoms with van der Waals surface area (Å²) < 4.78 is 5.21. The highest BCUT2D eigenvalue weighted by atomic mass is 16.3. The second kappa shape index (κ2) is 7.70. The van der Waals surface area contributed by atoms with Gasteiger partial charge in [0.2, 0.25) is 0 Å². The first-order valence-electron chi connectivity index (χ1n) is 9.39. The van der Waals surface area contributed by atoms with Crippen molar-refractivity contribution in [3.63, 3.8) is 0 Å². The number of nitrogens with one attached hydrogen (secondary N) is 2. The van der Waals surface area contributed by atoms with Gasteiger partial charge in [-0.25, -0.2) is 0 Å². The Balaban J connectivity index is 1.33. The van der Waals surface area contributed by atoms with E-state index in [0.29, 0.717) is 24.4 Å². The number of hydrogen-bond acceptors (Lipinski definition) is 4. The Morgan fingerprint density at radius 2 is 2.00 bits per heavy atom. The van der Waals surface area contributed by atoms with Crippen molar-refractivity contribution in [1.29, 1.82) is 0 Å². The first-order valence-corrected chi connectivity index (χ1v) is 9.39. The van der Waals surface area contributed by atoms with E-state index in [0.717, 1.165) is 30.6 Å². The number of carbonyl (C=O) groups excluding carboxylic acids is 1. The van der Waals surface area contributed by atoms with Gasteiger partial charge in [-0.2, -0.15) is 0 Å². The van der Waals surface area contributed by atoms with E-state index in [2.05, 4.69) is 29.4 Å². The largest absolute Gasteiger partial charge is 0.459 e. The van der Waals surface area contributed by atoms with Gasteiger partial charge in [0.15, 0.2) is 5.76 Å². The smallest absolute Gasteiger partial charge is 0.287 e. The van der Waals surface area contributed by atoms with E-state index in [1.807, 2.05) is 13.0 Å². The molecule has 0 spiro atoms. The molecule has 5 heteroatoms. The van der Waals surface area contributed by atoms with Gasteiger partial charge in [-0.3, -0.25) is 9.69 Å². The molecule has 0 aliphatic carbocycles. The lowest BCUT2D eigenvalue weighted by Crippen LogP contribution is -2.51.